The molecule has 0 radical (unpaired) electrons. The van der Waals surface area contributed by atoms with Crippen molar-refractivity contribution >= 4 is 28.1 Å². The highest BCUT2D eigenvalue weighted by molar-refractivity contribution is 9.10. The minimum Gasteiger partial charge on any atom is -0.497 e. The van der Waals surface area contributed by atoms with Gasteiger partial charge in [-0.05, 0) is 40.3 Å². The molecule has 0 aliphatic carbocycles. The lowest BCUT2D eigenvalue weighted by atomic mass is 10.2. The number of nitrogens with zero attached hydrogens (tertiary/aromatic N) is 2. The summed E-state index contributed by atoms with van der Waals surface area (Å²) in [5.74, 6) is 1.52. The average Bonchev–Trinajstić information content (AvgIpc) is 2.90. The number of aromatic nitrogens is 3. The van der Waals surface area contributed by atoms with E-state index in [0.717, 1.165) is 27.3 Å². The van der Waals surface area contributed by atoms with Gasteiger partial charge in [-0.1, -0.05) is 30.3 Å². The van der Waals surface area contributed by atoms with Gasteiger partial charge in [-0.15, -0.1) is 0 Å². The Kier molecular flexibility index (Phi) is 3.90. The first-order valence-electron chi connectivity index (χ1n) is 6.27. The van der Waals surface area contributed by atoms with Crippen molar-refractivity contribution in [3.05, 3.63) is 57.8 Å². The van der Waals surface area contributed by atoms with Crippen LogP contribution in [0.15, 0.2) is 53.0 Å². The van der Waals surface area contributed by atoms with E-state index >= 15 is 0 Å². The van der Waals surface area contributed by atoms with Crippen LogP contribution in [0.25, 0.3) is 17.1 Å². The molecule has 0 bridgehead atoms. The summed E-state index contributed by atoms with van der Waals surface area (Å²) in [4.78, 5) is 0. The molecule has 6 heteroatoms. The van der Waals surface area contributed by atoms with Gasteiger partial charge < -0.3 is 4.74 Å². The molecule has 0 saturated heterocycles. The largest absolute Gasteiger partial charge is 0.497 e. The van der Waals surface area contributed by atoms with Crippen molar-refractivity contribution < 1.29 is 4.74 Å². The summed E-state index contributed by atoms with van der Waals surface area (Å²) in [6, 6.07) is 15.6. The van der Waals surface area contributed by atoms with Crippen LogP contribution in [-0.2, 0) is 0 Å². The molecule has 1 N–H and O–H groups in total. The lowest BCUT2D eigenvalue weighted by Crippen LogP contribution is -1.99. The highest BCUT2D eigenvalue weighted by Crippen LogP contribution is 2.29. The van der Waals surface area contributed by atoms with Gasteiger partial charge >= 0.3 is 0 Å². The fourth-order valence-electron chi connectivity index (χ4n) is 2.09. The van der Waals surface area contributed by atoms with Gasteiger partial charge in [0.05, 0.1) is 12.8 Å². The Morgan fingerprint density at radius 1 is 1.19 bits per heavy atom. The number of H-pyrrole nitrogens is 1. The first-order chi connectivity index (χ1) is 10.2. The molecule has 2 aromatic carbocycles. The number of ether oxygens (including phenoxy) is 1. The lowest BCUT2D eigenvalue weighted by Gasteiger charge is -2.10. The van der Waals surface area contributed by atoms with E-state index in [1.165, 1.54) is 0 Å². The molecule has 0 fully saturated rings. The minimum atomic E-state index is 0.530. The third-order valence-corrected chi connectivity index (χ3v) is 4.04. The van der Waals surface area contributed by atoms with Gasteiger partial charge in [0.15, 0.2) is 10.6 Å². The highest BCUT2D eigenvalue weighted by atomic mass is 79.9. The fraction of sp³-hybridized carbons (Fsp3) is 0.0667. The van der Waals surface area contributed by atoms with Crippen molar-refractivity contribution in [2.45, 2.75) is 0 Å². The Bertz CT molecular complexity index is 826. The second kappa shape index (κ2) is 5.83. The second-order valence-corrected chi connectivity index (χ2v) is 5.61. The van der Waals surface area contributed by atoms with Crippen LogP contribution in [0.4, 0.5) is 0 Å². The molecule has 0 aliphatic rings. The van der Waals surface area contributed by atoms with Crippen LogP contribution in [-0.4, -0.2) is 21.9 Å². The van der Waals surface area contributed by atoms with Crippen LogP contribution in [0.2, 0.25) is 0 Å². The summed E-state index contributed by atoms with van der Waals surface area (Å²) in [5.41, 5.74) is 1.87. The Balaban J connectivity index is 2.25. The molecule has 1 heterocycles. The molecule has 21 heavy (non-hydrogen) atoms. The van der Waals surface area contributed by atoms with Crippen molar-refractivity contribution in [2.75, 3.05) is 7.11 Å². The number of rotatable bonds is 3. The summed E-state index contributed by atoms with van der Waals surface area (Å²) in [5, 5.41) is 7.20. The smallest absolute Gasteiger partial charge is 0.200 e. The molecule has 0 saturated carbocycles. The van der Waals surface area contributed by atoms with Crippen LogP contribution in [0.5, 0.6) is 5.75 Å². The van der Waals surface area contributed by atoms with Crippen molar-refractivity contribution in [2.24, 2.45) is 0 Å². The molecule has 0 aliphatic heterocycles. The van der Waals surface area contributed by atoms with E-state index in [2.05, 4.69) is 26.1 Å². The van der Waals surface area contributed by atoms with Crippen molar-refractivity contribution in [3.8, 4) is 22.8 Å². The summed E-state index contributed by atoms with van der Waals surface area (Å²) < 4.78 is 8.63. The number of hydrogen-bond donors (Lipinski definition) is 1. The Morgan fingerprint density at radius 2 is 1.95 bits per heavy atom. The Morgan fingerprint density at radius 3 is 2.67 bits per heavy atom. The molecule has 0 unspecified atom stereocenters. The third kappa shape index (κ3) is 2.64. The summed E-state index contributed by atoms with van der Waals surface area (Å²) in [7, 11) is 1.64. The second-order valence-electron chi connectivity index (χ2n) is 4.37. The lowest BCUT2D eigenvalue weighted by molar-refractivity contribution is 0.414. The maximum absolute atomic E-state index is 5.38. The molecule has 3 aromatic rings. The van der Waals surface area contributed by atoms with Crippen molar-refractivity contribution in [1.29, 1.82) is 0 Å². The zero-order chi connectivity index (χ0) is 14.8. The SMILES string of the molecule is COc1ccc(Br)c(-n2c(-c3ccccc3)n[nH]c2=S)c1. The zero-order valence-electron chi connectivity index (χ0n) is 11.2. The summed E-state index contributed by atoms with van der Waals surface area (Å²) in [6.45, 7) is 0. The monoisotopic (exact) mass is 361 g/mol. The standard InChI is InChI=1S/C15H12BrN3OS/c1-20-11-7-8-12(16)13(9-11)19-14(17-18-15(19)21)10-5-3-2-4-6-10/h2-9H,1H3,(H,18,21). The predicted octanol–water partition coefficient (Wildman–Crippen LogP) is 4.37. The molecule has 0 spiro atoms. The van der Waals surface area contributed by atoms with Gasteiger partial charge in [0.1, 0.15) is 5.75 Å². The molecule has 106 valence electrons. The van der Waals surface area contributed by atoms with Crippen LogP contribution in [0, 0.1) is 4.77 Å². The quantitative estimate of drug-likeness (QED) is 0.704. The van der Waals surface area contributed by atoms with Gasteiger partial charge in [-0.2, -0.15) is 5.10 Å². The number of methoxy groups -OCH3 is 1. The fourth-order valence-corrected chi connectivity index (χ4v) is 2.75. The van der Waals surface area contributed by atoms with Gasteiger partial charge in [0.25, 0.3) is 0 Å². The maximum atomic E-state index is 5.38. The number of hydrogen-bond acceptors (Lipinski definition) is 3. The zero-order valence-corrected chi connectivity index (χ0v) is 13.6. The molecule has 4 nitrogen and oxygen atoms in total. The normalized spacial score (nSPS) is 10.6. The van der Waals surface area contributed by atoms with Crippen LogP contribution in [0.3, 0.4) is 0 Å². The van der Waals surface area contributed by atoms with E-state index in [-0.39, 0.29) is 0 Å². The minimum absolute atomic E-state index is 0.530. The number of halogens is 1. The van der Waals surface area contributed by atoms with Crippen molar-refractivity contribution in [3.63, 3.8) is 0 Å². The van der Waals surface area contributed by atoms with Crippen LogP contribution < -0.4 is 4.74 Å². The molecule has 0 atom stereocenters. The molecule has 1 aromatic heterocycles. The molecule has 3 rings (SSSR count). The third-order valence-electron chi connectivity index (χ3n) is 3.10. The van der Waals surface area contributed by atoms with E-state index in [9.17, 15) is 0 Å². The summed E-state index contributed by atoms with van der Waals surface area (Å²) in [6.07, 6.45) is 0. The van der Waals surface area contributed by atoms with Crippen LogP contribution in [0.1, 0.15) is 0 Å². The first kappa shape index (κ1) is 14.0. The van der Waals surface area contributed by atoms with E-state index in [0.29, 0.717) is 4.77 Å². The maximum Gasteiger partial charge on any atom is 0.200 e. The van der Waals surface area contributed by atoms with E-state index < -0.39 is 0 Å². The Hall–Kier alpha value is -1.92. The summed E-state index contributed by atoms with van der Waals surface area (Å²) >= 11 is 8.93. The first-order valence-corrected chi connectivity index (χ1v) is 7.47. The van der Waals surface area contributed by atoms with E-state index in [1.807, 2.05) is 53.1 Å². The van der Waals surface area contributed by atoms with Crippen molar-refractivity contribution in [1.82, 2.24) is 14.8 Å². The molecule has 0 amide bonds. The van der Waals surface area contributed by atoms with E-state index in [4.69, 9.17) is 17.0 Å². The molecular formula is C15H12BrN3OS. The topological polar surface area (TPSA) is 42.8 Å². The molecular weight excluding hydrogens is 350 g/mol. The number of benzene rings is 2. The van der Waals surface area contributed by atoms with Gasteiger partial charge in [0.2, 0.25) is 0 Å². The number of aromatic amines is 1. The van der Waals surface area contributed by atoms with Gasteiger partial charge in [-0.25, -0.2) is 0 Å². The van der Waals surface area contributed by atoms with E-state index in [1.54, 1.807) is 7.11 Å². The average molecular weight is 362 g/mol. The highest BCUT2D eigenvalue weighted by Gasteiger charge is 2.13. The van der Waals surface area contributed by atoms with Crippen LogP contribution >= 0.6 is 28.1 Å². The van der Waals surface area contributed by atoms with Gasteiger partial charge in [0, 0.05) is 16.1 Å². The van der Waals surface area contributed by atoms with Gasteiger partial charge in [-0.3, -0.25) is 9.67 Å². The Labute approximate surface area is 135 Å². The number of nitrogens with one attached hydrogen (secondary N) is 1. The predicted molar refractivity (Wildman–Crippen MR) is 88.4 cm³/mol.